The van der Waals surface area contributed by atoms with E-state index in [4.69, 9.17) is 0 Å². The molecule has 74 valence electrons. The minimum Gasteiger partial charge on any atom is -0.0873 e. The molecule has 0 aromatic rings. The van der Waals surface area contributed by atoms with Gasteiger partial charge in [-0.3, -0.25) is 0 Å². The van der Waals surface area contributed by atoms with E-state index in [1.165, 1.54) is 5.92 Å². The molecule has 0 saturated carbocycles. The van der Waals surface area contributed by atoms with Gasteiger partial charge in [0.15, 0.2) is 0 Å². The van der Waals surface area contributed by atoms with Crippen molar-refractivity contribution in [3.63, 3.8) is 0 Å². The molecule has 0 aromatic carbocycles. The normalized spacial score (nSPS) is 17.2. The Balaban J connectivity index is 4.32. The first-order chi connectivity index (χ1) is 5.04. The monoisotopic (exact) mass is 208 g/mol. The molecule has 0 fully saturated rings. The van der Waals surface area contributed by atoms with E-state index in [2.05, 4.69) is 0 Å². The van der Waals surface area contributed by atoms with Crippen LogP contribution in [-0.2, 0) is 0 Å². The van der Waals surface area contributed by atoms with Crippen molar-refractivity contribution in [2.45, 2.75) is 26.2 Å². The molecule has 12 heavy (non-hydrogen) atoms. The molecule has 0 rings (SSSR count). The van der Waals surface area contributed by atoms with Crippen LogP contribution < -0.4 is 0 Å². The highest BCUT2D eigenvalue weighted by molar-refractivity contribution is 8.49. The van der Waals surface area contributed by atoms with Crippen molar-refractivity contribution in [1.82, 2.24) is 0 Å². The summed E-state index contributed by atoms with van der Waals surface area (Å²) in [7, 11) is -9.45. The molecule has 6 heteroatoms. The van der Waals surface area contributed by atoms with E-state index in [-0.39, 0.29) is 11.7 Å². The molecule has 0 radical (unpaired) electrons. The molecular formula is C6H9F5S. The molecule has 0 N–H and O–H groups in total. The van der Waals surface area contributed by atoms with Gasteiger partial charge in [0, 0.05) is 6.42 Å². The second-order valence-corrected chi connectivity index (χ2v) is 4.49. The van der Waals surface area contributed by atoms with Crippen LogP contribution in [0.15, 0.2) is 0 Å². The molecule has 0 unspecified atom stereocenters. The van der Waals surface area contributed by atoms with E-state index >= 15 is 0 Å². The van der Waals surface area contributed by atoms with Crippen molar-refractivity contribution in [3.05, 3.63) is 0 Å². The Labute approximate surface area is 67.9 Å². The number of halogens is 5. The molecule has 0 aliphatic heterocycles. The van der Waals surface area contributed by atoms with Crippen LogP contribution in [0.1, 0.15) is 26.2 Å². The lowest BCUT2D eigenvalue weighted by Gasteiger charge is -2.33. The fraction of sp³-hybridized carbons (Fsp3) is 0.667. The Morgan fingerprint density at radius 3 is 1.92 bits per heavy atom. The zero-order valence-electron chi connectivity index (χ0n) is 6.42. The Kier molecular flexibility index (Phi) is 2.43. The smallest absolute Gasteiger partial charge is 0.0873 e. The van der Waals surface area contributed by atoms with Gasteiger partial charge in [-0.2, -0.15) is 0 Å². The van der Waals surface area contributed by atoms with Crippen LogP contribution in [0.25, 0.3) is 0 Å². The quantitative estimate of drug-likeness (QED) is 0.357. The summed E-state index contributed by atoms with van der Waals surface area (Å²) < 4.78 is 57.3. The van der Waals surface area contributed by atoms with E-state index in [1.54, 1.807) is 6.92 Å². The van der Waals surface area contributed by atoms with Crippen molar-refractivity contribution < 1.29 is 19.4 Å². The molecule has 0 heterocycles. The van der Waals surface area contributed by atoms with E-state index in [0.717, 1.165) is 0 Å². The van der Waals surface area contributed by atoms with Crippen LogP contribution in [0.3, 0.4) is 0 Å². The average Bonchev–Trinajstić information content (AvgIpc) is 1.75. The topological polar surface area (TPSA) is 0 Å². The lowest BCUT2D eigenvalue weighted by Crippen LogP contribution is -1.99. The highest BCUT2D eigenvalue weighted by Crippen LogP contribution is 2.97. The first-order valence-electron chi connectivity index (χ1n) is 3.29. The van der Waals surface area contributed by atoms with Gasteiger partial charge in [0.25, 0.3) is 0 Å². The second kappa shape index (κ2) is 2.52. The third-order valence-electron chi connectivity index (χ3n) is 0.920. The van der Waals surface area contributed by atoms with Gasteiger partial charge in [0.05, 0.1) is 5.25 Å². The third-order valence-corrected chi connectivity index (χ3v) is 1.45. The maximum absolute atomic E-state index is 11.5. The third kappa shape index (κ3) is 9.56. The largest absolute Gasteiger partial charge is 0.345 e. The van der Waals surface area contributed by atoms with Crippen LogP contribution in [0, 0.1) is 11.2 Å². The van der Waals surface area contributed by atoms with Crippen LogP contribution in [0.2, 0.25) is 0 Å². The molecular weight excluding hydrogens is 199 g/mol. The molecule has 0 saturated heterocycles. The van der Waals surface area contributed by atoms with Gasteiger partial charge in [-0.25, -0.2) is 0 Å². The van der Waals surface area contributed by atoms with Crippen LogP contribution >= 0.6 is 10.2 Å². The fourth-order valence-electron chi connectivity index (χ4n) is 0.453. The molecule has 0 aliphatic rings. The van der Waals surface area contributed by atoms with Crippen molar-refractivity contribution in [2.24, 2.45) is 0 Å². The predicted octanol–water partition coefficient (Wildman–Crippen LogP) is 4.44. The van der Waals surface area contributed by atoms with Gasteiger partial charge in [-0.1, -0.05) is 38.7 Å². The summed E-state index contributed by atoms with van der Waals surface area (Å²) in [6, 6.07) is 0. The Morgan fingerprint density at radius 2 is 1.58 bits per heavy atom. The molecule has 0 aromatic heterocycles. The summed E-state index contributed by atoms with van der Waals surface area (Å²) in [5, 5.41) is 0.144. The predicted molar refractivity (Wildman–Crippen MR) is 40.4 cm³/mol. The van der Waals surface area contributed by atoms with Gasteiger partial charge in [-0.15, -0.1) is 0 Å². The average molecular weight is 208 g/mol. The zero-order valence-corrected chi connectivity index (χ0v) is 7.24. The lowest BCUT2D eigenvalue weighted by atomic mass is 10.3. The first kappa shape index (κ1) is 11.6. The molecule has 0 amide bonds. The van der Waals surface area contributed by atoms with E-state index in [0.29, 0.717) is 12.8 Å². The second-order valence-electron chi connectivity index (χ2n) is 2.35. The zero-order chi connectivity index (χ0) is 9.94. The summed E-state index contributed by atoms with van der Waals surface area (Å²) in [4.78, 5) is 0. The van der Waals surface area contributed by atoms with E-state index < -0.39 is 10.2 Å². The highest BCUT2D eigenvalue weighted by atomic mass is 32.5. The SMILES string of the molecule is CCCCC#CS(F)(F)(F)(F)F. The molecule has 0 aliphatic carbocycles. The van der Waals surface area contributed by atoms with Gasteiger partial charge < -0.3 is 0 Å². The van der Waals surface area contributed by atoms with Crippen molar-refractivity contribution in [2.75, 3.05) is 0 Å². The van der Waals surface area contributed by atoms with E-state index in [9.17, 15) is 19.4 Å². The van der Waals surface area contributed by atoms with Gasteiger partial charge in [0.2, 0.25) is 0 Å². The summed E-state index contributed by atoms with van der Waals surface area (Å²) in [6.45, 7) is 1.74. The minimum atomic E-state index is -9.45. The van der Waals surface area contributed by atoms with Crippen molar-refractivity contribution >= 4 is 10.2 Å². The van der Waals surface area contributed by atoms with Crippen LogP contribution in [0.4, 0.5) is 19.4 Å². The number of hydrogen-bond acceptors (Lipinski definition) is 0. The summed E-state index contributed by atoms with van der Waals surface area (Å²) >= 11 is 0. The van der Waals surface area contributed by atoms with Crippen LogP contribution in [0.5, 0.6) is 0 Å². The maximum Gasteiger partial charge on any atom is 0.345 e. The number of hydrogen-bond donors (Lipinski definition) is 0. The van der Waals surface area contributed by atoms with Gasteiger partial charge >= 0.3 is 10.2 Å². The number of rotatable bonds is 2. The Morgan fingerprint density at radius 1 is 1.08 bits per heavy atom. The molecule has 0 spiro atoms. The highest BCUT2D eigenvalue weighted by Gasteiger charge is 2.62. The standard InChI is InChI=1S/C6H9F5S/c1-2-3-4-5-6-12(7,8,9,10)11/h2-4H2,1H3. The van der Waals surface area contributed by atoms with Crippen LogP contribution in [-0.4, -0.2) is 0 Å². The van der Waals surface area contributed by atoms with Gasteiger partial charge in [-0.05, 0) is 6.42 Å². The summed E-state index contributed by atoms with van der Waals surface area (Å²) in [6.07, 6.45) is 0.901. The first-order valence-corrected chi connectivity index (χ1v) is 5.24. The van der Waals surface area contributed by atoms with Gasteiger partial charge in [0.1, 0.15) is 0 Å². The summed E-state index contributed by atoms with van der Waals surface area (Å²) in [5.41, 5.74) is 0. The van der Waals surface area contributed by atoms with Crippen molar-refractivity contribution in [1.29, 1.82) is 0 Å². The fourth-order valence-corrected chi connectivity index (χ4v) is 0.827. The minimum absolute atomic E-state index is 0.137. The van der Waals surface area contributed by atoms with Crippen molar-refractivity contribution in [3.8, 4) is 11.2 Å². The lowest BCUT2D eigenvalue weighted by molar-refractivity contribution is 0.388. The Hall–Kier alpha value is -0.440. The molecule has 0 bridgehead atoms. The Bertz CT molecular complexity index is 214. The summed E-state index contributed by atoms with van der Waals surface area (Å²) in [5.74, 6) is 1.43. The number of unbranched alkanes of at least 4 members (excludes halogenated alkanes) is 2. The van der Waals surface area contributed by atoms with E-state index in [1.807, 2.05) is 0 Å². The maximum atomic E-state index is 11.5. The molecule has 0 nitrogen and oxygen atoms in total. The molecule has 0 atom stereocenters.